The van der Waals surface area contributed by atoms with E-state index in [0.29, 0.717) is 24.0 Å². The topological polar surface area (TPSA) is 37.3 Å². The molecule has 0 aliphatic heterocycles. The van der Waals surface area contributed by atoms with E-state index in [1.165, 1.54) is 6.07 Å². The number of hydrogen-bond donors (Lipinski definition) is 1. The third-order valence-corrected chi connectivity index (χ3v) is 4.83. The summed E-state index contributed by atoms with van der Waals surface area (Å²) in [4.78, 5) is 12.1. The first-order chi connectivity index (χ1) is 11.0. The highest BCUT2D eigenvalue weighted by Gasteiger charge is 2.43. The molecule has 0 saturated carbocycles. The highest BCUT2D eigenvalue weighted by Crippen LogP contribution is 2.44. The third kappa shape index (κ3) is 2.46. The molecule has 0 heterocycles. The fraction of sp³-hybridized carbons (Fsp3) is 0.250. The standard InChI is InChI=1S/C20H19FO2/c1-13-6-3-4-7-16(13)15-10-11-20(12-15,19(22)23)17-8-5-9-18(21)14(17)2/h3-9,12H,10-11H2,1-2H3,(H,22,23). The summed E-state index contributed by atoms with van der Waals surface area (Å²) in [6, 6.07) is 12.6. The normalized spacial score (nSPS) is 20.4. The number of carbonyl (C=O) groups is 1. The lowest BCUT2D eigenvalue weighted by molar-refractivity contribution is -0.141. The molecule has 0 fully saturated rings. The van der Waals surface area contributed by atoms with Gasteiger partial charge < -0.3 is 5.11 Å². The highest BCUT2D eigenvalue weighted by atomic mass is 19.1. The van der Waals surface area contributed by atoms with Gasteiger partial charge in [0.25, 0.3) is 0 Å². The van der Waals surface area contributed by atoms with Crippen molar-refractivity contribution in [2.24, 2.45) is 0 Å². The minimum Gasteiger partial charge on any atom is -0.480 e. The monoisotopic (exact) mass is 310 g/mol. The zero-order chi connectivity index (χ0) is 16.6. The number of aryl methyl sites for hydroxylation is 1. The summed E-state index contributed by atoms with van der Waals surface area (Å²) in [5.74, 6) is -1.28. The van der Waals surface area contributed by atoms with Gasteiger partial charge in [-0.3, -0.25) is 4.79 Å². The molecule has 2 aromatic carbocycles. The molecule has 2 nitrogen and oxygen atoms in total. The number of benzene rings is 2. The molecule has 0 amide bonds. The van der Waals surface area contributed by atoms with Crippen molar-refractivity contribution >= 4 is 11.5 Å². The molecule has 0 bridgehead atoms. The summed E-state index contributed by atoms with van der Waals surface area (Å²) in [7, 11) is 0. The fourth-order valence-electron chi connectivity index (χ4n) is 3.51. The number of aliphatic carboxylic acids is 1. The summed E-state index contributed by atoms with van der Waals surface area (Å²) >= 11 is 0. The Balaban J connectivity index is 2.17. The average molecular weight is 310 g/mol. The molecule has 0 saturated heterocycles. The molecule has 0 spiro atoms. The molecule has 0 radical (unpaired) electrons. The van der Waals surface area contributed by atoms with Gasteiger partial charge in [0.1, 0.15) is 11.2 Å². The molecule has 3 rings (SSSR count). The maximum absolute atomic E-state index is 13.9. The number of hydrogen-bond acceptors (Lipinski definition) is 1. The van der Waals surface area contributed by atoms with Crippen molar-refractivity contribution in [2.75, 3.05) is 0 Å². The van der Waals surface area contributed by atoms with Crippen LogP contribution < -0.4 is 0 Å². The van der Waals surface area contributed by atoms with E-state index in [0.717, 1.165) is 16.7 Å². The van der Waals surface area contributed by atoms with Crippen molar-refractivity contribution in [3.05, 3.63) is 76.6 Å². The zero-order valence-corrected chi connectivity index (χ0v) is 13.3. The number of halogens is 1. The Morgan fingerprint density at radius 2 is 1.87 bits per heavy atom. The first-order valence-electron chi connectivity index (χ1n) is 7.72. The van der Waals surface area contributed by atoms with E-state index in [2.05, 4.69) is 0 Å². The van der Waals surface area contributed by atoms with Gasteiger partial charge in [-0.25, -0.2) is 4.39 Å². The predicted molar refractivity (Wildman–Crippen MR) is 88.8 cm³/mol. The van der Waals surface area contributed by atoms with Crippen LogP contribution in [0, 0.1) is 19.7 Å². The molecule has 1 aliphatic carbocycles. The molecule has 1 unspecified atom stereocenters. The van der Waals surface area contributed by atoms with Crippen LogP contribution in [0.4, 0.5) is 4.39 Å². The Bertz CT molecular complexity index is 807. The number of carboxylic acids is 1. The first-order valence-corrected chi connectivity index (χ1v) is 7.72. The number of carboxylic acid groups (broad SMARTS) is 1. The van der Waals surface area contributed by atoms with Gasteiger partial charge in [-0.05, 0) is 60.6 Å². The van der Waals surface area contributed by atoms with Crippen molar-refractivity contribution in [1.29, 1.82) is 0 Å². The molecular weight excluding hydrogens is 291 g/mol. The maximum Gasteiger partial charge on any atom is 0.318 e. The van der Waals surface area contributed by atoms with Crippen LogP contribution in [-0.2, 0) is 10.2 Å². The Hall–Kier alpha value is -2.42. The van der Waals surface area contributed by atoms with E-state index in [-0.39, 0.29) is 5.82 Å². The van der Waals surface area contributed by atoms with Crippen molar-refractivity contribution < 1.29 is 14.3 Å². The van der Waals surface area contributed by atoms with Gasteiger partial charge in [-0.1, -0.05) is 42.5 Å². The second-order valence-corrected chi connectivity index (χ2v) is 6.17. The van der Waals surface area contributed by atoms with Gasteiger partial charge in [-0.15, -0.1) is 0 Å². The highest BCUT2D eigenvalue weighted by molar-refractivity contribution is 5.90. The first kappa shape index (κ1) is 15.5. The van der Waals surface area contributed by atoms with E-state index in [1.54, 1.807) is 19.1 Å². The molecular formula is C20H19FO2. The molecule has 1 atom stereocenters. The molecule has 1 aliphatic rings. The van der Waals surface area contributed by atoms with Gasteiger partial charge in [-0.2, -0.15) is 0 Å². The largest absolute Gasteiger partial charge is 0.480 e. The van der Waals surface area contributed by atoms with Crippen LogP contribution in [0.2, 0.25) is 0 Å². The smallest absolute Gasteiger partial charge is 0.318 e. The van der Waals surface area contributed by atoms with Crippen LogP contribution in [0.25, 0.3) is 5.57 Å². The summed E-state index contributed by atoms with van der Waals surface area (Å²) in [5.41, 5.74) is 3.03. The Kier molecular flexibility index (Phi) is 3.80. The molecule has 0 aromatic heterocycles. The SMILES string of the molecule is Cc1ccccc1C1=CC(C(=O)O)(c2cccc(F)c2C)CC1. The Morgan fingerprint density at radius 1 is 1.13 bits per heavy atom. The number of rotatable bonds is 3. The molecule has 3 heteroatoms. The van der Waals surface area contributed by atoms with Crippen molar-refractivity contribution in [3.8, 4) is 0 Å². The Labute approximate surface area is 135 Å². The number of allylic oxidation sites excluding steroid dienone is 1. The van der Waals surface area contributed by atoms with E-state index < -0.39 is 11.4 Å². The van der Waals surface area contributed by atoms with E-state index in [1.807, 2.05) is 37.3 Å². The van der Waals surface area contributed by atoms with E-state index in [9.17, 15) is 14.3 Å². The quantitative estimate of drug-likeness (QED) is 0.896. The van der Waals surface area contributed by atoms with E-state index >= 15 is 0 Å². The van der Waals surface area contributed by atoms with Crippen LogP contribution in [0.3, 0.4) is 0 Å². The van der Waals surface area contributed by atoms with Crippen molar-refractivity contribution in [3.63, 3.8) is 0 Å². The third-order valence-electron chi connectivity index (χ3n) is 4.83. The lowest BCUT2D eigenvalue weighted by Crippen LogP contribution is -2.32. The van der Waals surface area contributed by atoms with Crippen molar-refractivity contribution in [2.45, 2.75) is 32.1 Å². The second kappa shape index (κ2) is 5.65. The van der Waals surface area contributed by atoms with Gasteiger partial charge in [0, 0.05) is 0 Å². The van der Waals surface area contributed by atoms with Crippen LogP contribution in [-0.4, -0.2) is 11.1 Å². The van der Waals surface area contributed by atoms with Crippen LogP contribution in [0.15, 0.2) is 48.5 Å². The summed E-state index contributed by atoms with van der Waals surface area (Å²) < 4.78 is 13.9. The minimum atomic E-state index is -1.15. The Morgan fingerprint density at radius 3 is 2.57 bits per heavy atom. The van der Waals surface area contributed by atoms with Gasteiger partial charge >= 0.3 is 5.97 Å². The minimum absolute atomic E-state index is 0.360. The molecule has 2 aromatic rings. The van der Waals surface area contributed by atoms with Crippen LogP contribution in [0.5, 0.6) is 0 Å². The predicted octanol–water partition coefficient (Wildman–Crippen LogP) is 4.64. The molecule has 1 N–H and O–H groups in total. The average Bonchev–Trinajstić information content (AvgIpc) is 2.97. The summed E-state index contributed by atoms with van der Waals surface area (Å²) in [6.07, 6.45) is 2.95. The summed E-state index contributed by atoms with van der Waals surface area (Å²) in [5, 5.41) is 9.90. The van der Waals surface area contributed by atoms with Gasteiger partial charge in [0.15, 0.2) is 0 Å². The van der Waals surface area contributed by atoms with Gasteiger partial charge in [0.2, 0.25) is 0 Å². The molecule has 118 valence electrons. The maximum atomic E-state index is 13.9. The van der Waals surface area contributed by atoms with Crippen LogP contribution >= 0.6 is 0 Å². The lowest BCUT2D eigenvalue weighted by Gasteiger charge is -2.24. The van der Waals surface area contributed by atoms with Gasteiger partial charge in [0.05, 0.1) is 0 Å². The van der Waals surface area contributed by atoms with Crippen LogP contribution in [0.1, 0.15) is 35.1 Å². The second-order valence-electron chi connectivity index (χ2n) is 6.17. The lowest BCUT2D eigenvalue weighted by atomic mass is 9.78. The van der Waals surface area contributed by atoms with Crippen molar-refractivity contribution in [1.82, 2.24) is 0 Å². The van der Waals surface area contributed by atoms with E-state index in [4.69, 9.17) is 0 Å². The zero-order valence-electron chi connectivity index (χ0n) is 13.3. The molecule has 23 heavy (non-hydrogen) atoms. The summed E-state index contributed by atoms with van der Waals surface area (Å²) in [6.45, 7) is 3.67. The fourth-order valence-corrected chi connectivity index (χ4v) is 3.51.